The average Bonchev–Trinajstić information content (AvgIpc) is 1.98. The summed E-state index contributed by atoms with van der Waals surface area (Å²) in [7, 11) is 0. The summed E-state index contributed by atoms with van der Waals surface area (Å²) in [6.45, 7) is 0. The molecule has 0 radical (unpaired) electrons. The van der Waals surface area contributed by atoms with Gasteiger partial charge in [-0.15, -0.1) is 0 Å². The van der Waals surface area contributed by atoms with Crippen molar-refractivity contribution >= 4 is 21.3 Å². The van der Waals surface area contributed by atoms with Gasteiger partial charge in [-0.3, -0.25) is 4.57 Å². The Bertz CT molecular complexity index is 311. The van der Waals surface area contributed by atoms with Crippen molar-refractivity contribution in [2.45, 2.75) is 23.7 Å². The van der Waals surface area contributed by atoms with E-state index in [-0.39, 0.29) is 0 Å². The molecule has 0 fully saturated rings. The smallest absolute Gasteiger partial charge is 0.298 e. The van der Waals surface area contributed by atoms with E-state index in [1.165, 1.54) is 0 Å². The summed E-state index contributed by atoms with van der Waals surface area (Å²) in [5.41, 5.74) is -13.4. The highest BCUT2D eigenvalue weighted by molar-refractivity contribution is 9.40. The van der Waals surface area contributed by atoms with E-state index in [1.54, 1.807) is 0 Å². The third-order valence-corrected chi connectivity index (χ3v) is 6.03. The molecule has 0 aliphatic rings. The summed E-state index contributed by atoms with van der Waals surface area (Å²) in [5, 5.41) is 0. The fraction of sp³-hybridized carbons (Fsp3) is 1.00. The molecule has 0 aromatic rings. The summed E-state index contributed by atoms with van der Waals surface area (Å²) < 4.78 is 129. The Balaban J connectivity index is 5.83. The first kappa shape index (κ1) is 17.0. The molecule has 17 heavy (non-hydrogen) atoms. The van der Waals surface area contributed by atoms with E-state index in [0.717, 1.165) is 0 Å². The van der Waals surface area contributed by atoms with E-state index in [0.29, 0.717) is 15.5 Å². The van der Waals surface area contributed by atoms with Crippen molar-refractivity contribution in [3.05, 3.63) is 0 Å². The predicted molar refractivity (Wildman–Crippen MR) is 38.5 cm³/mol. The molecule has 13 heteroatoms. The molecule has 0 spiro atoms. The standard InChI is InChI=1S/C4BrF10OP/c5-17(16,3(12,13)1(6,7)8)4(14,15)2(9,10)11. The molecule has 0 atom stereocenters. The second-order valence-corrected chi connectivity index (χ2v) is 7.80. The number of hydrogen-bond acceptors (Lipinski definition) is 1. The maximum atomic E-state index is 12.3. The van der Waals surface area contributed by atoms with Crippen LogP contribution >= 0.6 is 21.3 Å². The van der Waals surface area contributed by atoms with E-state index in [9.17, 15) is 48.5 Å². The van der Waals surface area contributed by atoms with Crippen LogP contribution in [0.25, 0.3) is 0 Å². The van der Waals surface area contributed by atoms with Crippen LogP contribution in [0, 0.1) is 0 Å². The molecule has 0 aromatic heterocycles. The number of halogens is 11. The van der Waals surface area contributed by atoms with E-state index in [1.807, 2.05) is 0 Å². The van der Waals surface area contributed by atoms with Crippen LogP contribution in [0.4, 0.5) is 43.9 Å². The number of rotatable bonds is 2. The molecule has 0 bridgehead atoms. The minimum atomic E-state index is -7.45. The maximum absolute atomic E-state index is 12.3. The molecule has 0 saturated carbocycles. The molecular weight excluding hydrogens is 365 g/mol. The van der Waals surface area contributed by atoms with E-state index < -0.39 is 29.5 Å². The molecule has 0 N–H and O–H groups in total. The molecule has 0 aromatic carbocycles. The van der Waals surface area contributed by atoms with Gasteiger partial charge in [0, 0.05) is 0 Å². The van der Waals surface area contributed by atoms with E-state index in [4.69, 9.17) is 0 Å². The Hall–Kier alpha value is 0.01000. The van der Waals surface area contributed by atoms with Gasteiger partial charge in [-0.2, -0.15) is 43.9 Å². The molecule has 1 nitrogen and oxygen atoms in total. The molecule has 0 rings (SSSR count). The van der Waals surface area contributed by atoms with Gasteiger partial charge in [-0.05, 0) is 15.5 Å². The van der Waals surface area contributed by atoms with Crippen molar-refractivity contribution < 1.29 is 48.5 Å². The molecule has 0 heterocycles. The zero-order valence-corrected chi connectivity index (χ0v) is 9.49. The van der Waals surface area contributed by atoms with Crippen LogP contribution in [0.15, 0.2) is 0 Å². The van der Waals surface area contributed by atoms with Crippen molar-refractivity contribution in [1.29, 1.82) is 0 Å². The SMILES string of the molecule is O=P(Br)(C(F)(F)C(F)(F)F)C(F)(F)C(F)(F)F. The van der Waals surface area contributed by atoms with Crippen LogP contribution in [0.5, 0.6) is 0 Å². The first-order chi connectivity index (χ1) is 7.00. The maximum Gasteiger partial charge on any atom is 0.462 e. The van der Waals surface area contributed by atoms with E-state index in [2.05, 4.69) is 0 Å². The lowest BCUT2D eigenvalue weighted by molar-refractivity contribution is -0.263. The normalized spacial score (nSPS) is 16.2. The highest BCUT2D eigenvalue weighted by atomic mass is 79.9. The van der Waals surface area contributed by atoms with Gasteiger partial charge in [0.15, 0.2) is 0 Å². The van der Waals surface area contributed by atoms with Crippen LogP contribution < -0.4 is 0 Å². The lowest BCUT2D eigenvalue weighted by Gasteiger charge is -2.31. The van der Waals surface area contributed by atoms with Crippen molar-refractivity contribution in [3.63, 3.8) is 0 Å². The lowest BCUT2D eigenvalue weighted by Crippen LogP contribution is -2.45. The van der Waals surface area contributed by atoms with Crippen LogP contribution in [0.2, 0.25) is 0 Å². The Morgan fingerprint density at radius 3 is 0.941 bits per heavy atom. The fourth-order valence-corrected chi connectivity index (χ4v) is 2.71. The fourth-order valence-electron chi connectivity index (χ4n) is 0.502. The first-order valence-electron chi connectivity index (χ1n) is 3.19. The second kappa shape index (κ2) is 4.01. The summed E-state index contributed by atoms with van der Waals surface area (Å²) in [5.74, 6) is -7.45. The minimum Gasteiger partial charge on any atom is -0.298 e. The Labute approximate surface area is 94.3 Å². The van der Waals surface area contributed by atoms with Crippen LogP contribution in [0.1, 0.15) is 0 Å². The lowest BCUT2D eigenvalue weighted by atomic mass is 10.7. The van der Waals surface area contributed by atoms with Gasteiger partial charge in [-0.1, -0.05) is 0 Å². The van der Waals surface area contributed by atoms with Gasteiger partial charge in [0.25, 0.3) is 0 Å². The third kappa shape index (κ3) is 2.42. The first-order valence-corrected chi connectivity index (χ1v) is 6.91. The topological polar surface area (TPSA) is 17.1 Å². The van der Waals surface area contributed by atoms with E-state index >= 15 is 0 Å². The average molecular weight is 365 g/mol. The van der Waals surface area contributed by atoms with Gasteiger partial charge in [0.1, 0.15) is 0 Å². The molecule has 0 amide bonds. The Morgan fingerprint density at radius 2 is 0.824 bits per heavy atom. The third-order valence-electron chi connectivity index (χ3n) is 1.40. The highest BCUT2D eigenvalue weighted by Gasteiger charge is 2.82. The van der Waals surface area contributed by atoms with Gasteiger partial charge >= 0.3 is 29.5 Å². The molecular formula is C4BrF10OP. The summed E-state index contributed by atoms with van der Waals surface area (Å²) in [6.07, 6.45) is -13.6. The summed E-state index contributed by atoms with van der Waals surface area (Å²) in [6, 6.07) is 0. The zero-order chi connectivity index (χ0) is 14.5. The largest absolute Gasteiger partial charge is 0.462 e. The molecule has 0 saturated heterocycles. The highest BCUT2D eigenvalue weighted by Crippen LogP contribution is 2.81. The predicted octanol–water partition coefficient (Wildman–Crippen LogP) is 4.97. The van der Waals surface area contributed by atoms with Crippen molar-refractivity contribution in [2.75, 3.05) is 0 Å². The van der Waals surface area contributed by atoms with Gasteiger partial charge in [0.05, 0.1) is 0 Å². The van der Waals surface area contributed by atoms with Crippen molar-refractivity contribution in [3.8, 4) is 0 Å². The molecule has 0 unspecified atom stereocenters. The quantitative estimate of drug-likeness (QED) is 0.499. The van der Waals surface area contributed by atoms with Crippen LogP contribution in [0.3, 0.4) is 0 Å². The summed E-state index contributed by atoms with van der Waals surface area (Å²) in [4.78, 5) is 0. The van der Waals surface area contributed by atoms with Crippen LogP contribution in [-0.2, 0) is 4.57 Å². The van der Waals surface area contributed by atoms with Crippen LogP contribution in [-0.4, -0.2) is 23.7 Å². The molecule has 0 aliphatic carbocycles. The zero-order valence-electron chi connectivity index (χ0n) is 7.01. The second-order valence-electron chi connectivity index (χ2n) is 2.61. The Kier molecular flexibility index (Phi) is 4.01. The van der Waals surface area contributed by atoms with Gasteiger partial charge in [0.2, 0.25) is 0 Å². The number of hydrogen-bond donors (Lipinski definition) is 0. The Morgan fingerprint density at radius 1 is 0.647 bits per heavy atom. The monoisotopic (exact) mass is 364 g/mol. The summed E-state index contributed by atoms with van der Waals surface area (Å²) >= 11 is 0.712. The minimum absolute atomic E-state index is 0.712. The molecule has 0 aliphatic heterocycles. The van der Waals surface area contributed by atoms with Gasteiger partial charge < -0.3 is 0 Å². The van der Waals surface area contributed by atoms with Crippen molar-refractivity contribution in [1.82, 2.24) is 0 Å². The van der Waals surface area contributed by atoms with Gasteiger partial charge in [-0.25, -0.2) is 0 Å². The van der Waals surface area contributed by atoms with Crippen molar-refractivity contribution in [2.24, 2.45) is 0 Å². The molecule has 104 valence electrons. The number of alkyl halides is 10.